The molecule has 0 bridgehead atoms. The summed E-state index contributed by atoms with van der Waals surface area (Å²) in [7, 11) is 0. The van der Waals surface area contributed by atoms with E-state index in [1.54, 1.807) is 12.4 Å². The smallest absolute Gasteiger partial charge is 0.137 e. The minimum atomic E-state index is 0.441. The number of unbranched alkanes of at least 4 members (excludes halogenated alkanes) is 2. The Bertz CT molecular complexity index is 810. The summed E-state index contributed by atoms with van der Waals surface area (Å²) in [5.41, 5.74) is 3.22. The van der Waals surface area contributed by atoms with Crippen LogP contribution >= 0.6 is 0 Å². The lowest BCUT2D eigenvalue weighted by molar-refractivity contribution is 0.0817. The molecular weight excluding hydrogens is 372 g/mol. The molecule has 2 heterocycles. The third kappa shape index (κ3) is 6.29. The van der Waals surface area contributed by atoms with Crippen molar-refractivity contribution in [1.82, 2.24) is 14.8 Å². The number of hydrogen-bond donors (Lipinski definition) is 0. The Morgan fingerprint density at radius 1 is 1.17 bits per heavy atom. The second-order valence-electron chi connectivity index (χ2n) is 8.11. The van der Waals surface area contributed by atoms with Crippen molar-refractivity contribution in [2.24, 2.45) is 0 Å². The van der Waals surface area contributed by atoms with Gasteiger partial charge >= 0.3 is 0 Å². The zero-order valence-electron chi connectivity index (χ0n) is 18.4. The average molecular weight is 407 g/mol. The van der Waals surface area contributed by atoms with Crippen LogP contribution in [0.2, 0.25) is 0 Å². The van der Waals surface area contributed by atoms with Crippen molar-refractivity contribution >= 4 is 0 Å². The number of nitrogens with zero attached hydrogens (tertiary/aromatic N) is 4. The first-order valence-electron chi connectivity index (χ1n) is 11.2. The Balaban J connectivity index is 1.55. The maximum absolute atomic E-state index is 9.26. The first-order valence-corrected chi connectivity index (χ1v) is 11.2. The largest absolute Gasteiger partial charge is 0.491 e. The van der Waals surface area contributed by atoms with Crippen molar-refractivity contribution in [2.75, 3.05) is 39.3 Å². The van der Waals surface area contributed by atoms with Gasteiger partial charge in [0.05, 0.1) is 17.8 Å². The summed E-state index contributed by atoms with van der Waals surface area (Å²) < 4.78 is 5.81. The molecule has 0 amide bonds. The maximum Gasteiger partial charge on any atom is 0.137 e. The summed E-state index contributed by atoms with van der Waals surface area (Å²) in [6.45, 7) is 10.2. The van der Waals surface area contributed by atoms with Crippen LogP contribution in [0.3, 0.4) is 0 Å². The molecule has 2 aromatic rings. The summed E-state index contributed by atoms with van der Waals surface area (Å²) in [5.74, 6) is 0.836. The van der Waals surface area contributed by atoms with Gasteiger partial charge in [0.2, 0.25) is 0 Å². The monoisotopic (exact) mass is 406 g/mol. The molecule has 1 aromatic carbocycles. The predicted octanol–water partition coefficient (Wildman–Crippen LogP) is 4.58. The van der Waals surface area contributed by atoms with E-state index in [1.165, 1.54) is 31.2 Å². The Morgan fingerprint density at radius 2 is 2.00 bits per heavy atom. The third-order valence-electron chi connectivity index (χ3n) is 6.00. The Labute approximate surface area is 181 Å². The van der Waals surface area contributed by atoms with Gasteiger partial charge in [0.15, 0.2) is 0 Å². The average Bonchev–Trinajstić information content (AvgIpc) is 2.78. The molecule has 3 rings (SSSR count). The number of piperazine rings is 1. The number of hydrogen-bond acceptors (Lipinski definition) is 5. The van der Waals surface area contributed by atoms with Crippen LogP contribution in [0, 0.1) is 18.3 Å². The van der Waals surface area contributed by atoms with E-state index in [1.807, 2.05) is 25.1 Å². The summed E-state index contributed by atoms with van der Waals surface area (Å²) in [6.07, 6.45) is 8.47. The van der Waals surface area contributed by atoms with Gasteiger partial charge < -0.3 is 4.74 Å². The molecule has 0 saturated carbocycles. The summed E-state index contributed by atoms with van der Waals surface area (Å²) in [5, 5.41) is 9.26. The summed E-state index contributed by atoms with van der Waals surface area (Å²) in [6, 6.07) is 13.0. The number of nitriles is 1. The van der Waals surface area contributed by atoms with Crippen LogP contribution in [0.4, 0.5) is 0 Å². The third-order valence-corrected chi connectivity index (χ3v) is 6.00. The molecule has 1 unspecified atom stereocenters. The molecule has 1 aliphatic rings. The fourth-order valence-electron chi connectivity index (χ4n) is 4.19. The van der Waals surface area contributed by atoms with Crippen molar-refractivity contribution in [2.45, 2.75) is 45.6 Å². The minimum absolute atomic E-state index is 0.441. The first kappa shape index (κ1) is 22.3. The molecule has 1 aliphatic heterocycles. The van der Waals surface area contributed by atoms with Gasteiger partial charge in [-0.1, -0.05) is 38.3 Å². The number of benzene rings is 1. The van der Waals surface area contributed by atoms with Gasteiger partial charge in [-0.2, -0.15) is 5.26 Å². The number of rotatable bonds is 10. The van der Waals surface area contributed by atoms with Crippen molar-refractivity contribution in [3.63, 3.8) is 0 Å². The lowest BCUT2D eigenvalue weighted by atomic mass is 9.95. The van der Waals surface area contributed by atoms with E-state index >= 15 is 0 Å². The van der Waals surface area contributed by atoms with Gasteiger partial charge in [-0.25, -0.2) is 0 Å². The van der Waals surface area contributed by atoms with Crippen LogP contribution < -0.4 is 4.74 Å². The number of aryl methyl sites for hydroxylation is 1. The van der Waals surface area contributed by atoms with Crippen LogP contribution in [-0.2, 0) is 0 Å². The predicted molar refractivity (Wildman–Crippen MR) is 121 cm³/mol. The highest BCUT2D eigenvalue weighted by molar-refractivity contribution is 5.40. The van der Waals surface area contributed by atoms with E-state index in [2.05, 4.69) is 39.9 Å². The molecule has 0 radical (unpaired) electrons. The van der Waals surface area contributed by atoms with Crippen molar-refractivity contribution in [3.8, 4) is 11.8 Å². The molecule has 1 saturated heterocycles. The normalized spacial score (nSPS) is 16.2. The molecule has 30 heavy (non-hydrogen) atoms. The quantitative estimate of drug-likeness (QED) is 0.541. The van der Waals surface area contributed by atoms with Crippen LogP contribution in [0.25, 0.3) is 0 Å². The van der Waals surface area contributed by atoms with Crippen molar-refractivity contribution in [1.29, 1.82) is 5.26 Å². The highest BCUT2D eigenvalue weighted by Gasteiger charge is 2.25. The van der Waals surface area contributed by atoms with Gasteiger partial charge in [0, 0.05) is 45.0 Å². The van der Waals surface area contributed by atoms with Gasteiger partial charge in [0.1, 0.15) is 12.4 Å². The topological polar surface area (TPSA) is 52.4 Å². The first-order chi connectivity index (χ1) is 14.7. The second-order valence-corrected chi connectivity index (χ2v) is 8.11. The van der Waals surface area contributed by atoms with E-state index in [4.69, 9.17) is 4.74 Å². The minimum Gasteiger partial charge on any atom is -0.491 e. The van der Waals surface area contributed by atoms with E-state index < -0.39 is 0 Å². The van der Waals surface area contributed by atoms with Crippen molar-refractivity contribution in [3.05, 3.63) is 59.4 Å². The Morgan fingerprint density at radius 3 is 2.67 bits per heavy atom. The van der Waals surface area contributed by atoms with Gasteiger partial charge in [0.25, 0.3) is 0 Å². The Kier molecular flexibility index (Phi) is 8.67. The SMILES string of the molecule is CCCCCC(c1ccc(C#N)c(C)c1)N1CCN(CCOc2cccnc2)CC1. The van der Waals surface area contributed by atoms with E-state index in [9.17, 15) is 5.26 Å². The van der Waals surface area contributed by atoms with Crippen LogP contribution in [0.1, 0.15) is 55.3 Å². The van der Waals surface area contributed by atoms with Crippen LogP contribution in [0.5, 0.6) is 5.75 Å². The fraction of sp³-hybridized carbons (Fsp3) is 0.520. The molecule has 0 spiro atoms. The standard InChI is InChI=1S/C25H34N4O/c1-3-4-5-8-25(22-9-10-23(19-26)21(2)18-22)29-14-12-28(13-15-29)16-17-30-24-7-6-11-27-20-24/h6-7,9-11,18,20,25H,3-5,8,12-17H2,1-2H3. The zero-order chi connectivity index (χ0) is 21.2. The molecule has 0 aliphatic carbocycles. The summed E-state index contributed by atoms with van der Waals surface area (Å²) >= 11 is 0. The molecule has 5 nitrogen and oxygen atoms in total. The number of aromatic nitrogens is 1. The molecular formula is C25H34N4O. The molecule has 1 fully saturated rings. The molecule has 5 heteroatoms. The van der Waals surface area contributed by atoms with Crippen LogP contribution in [-0.4, -0.2) is 54.1 Å². The van der Waals surface area contributed by atoms with Gasteiger partial charge in [-0.15, -0.1) is 0 Å². The zero-order valence-corrected chi connectivity index (χ0v) is 18.4. The van der Waals surface area contributed by atoms with Crippen LogP contribution in [0.15, 0.2) is 42.7 Å². The number of ether oxygens (including phenoxy) is 1. The lowest BCUT2D eigenvalue weighted by Gasteiger charge is -2.39. The Hall–Kier alpha value is -2.42. The lowest BCUT2D eigenvalue weighted by Crippen LogP contribution is -2.48. The highest BCUT2D eigenvalue weighted by Crippen LogP contribution is 2.29. The van der Waals surface area contributed by atoms with Crippen molar-refractivity contribution < 1.29 is 4.74 Å². The second kappa shape index (κ2) is 11.7. The van der Waals surface area contributed by atoms with Gasteiger partial charge in [-0.3, -0.25) is 14.8 Å². The fourth-order valence-corrected chi connectivity index (χ4v) is 4.19. The molecule has 1 aromatic heterocycles. The van der Waals surface area contributed by atoms with E-state index in [0.29, 0.717) is 12.6 Å². The van der Waals surface area contributed by atoms with E-state index in [0.717, 1.165) is 49.6 Å². The highest BCUT2D eigenvalue weighted by atomic mass is 16.5. The molecule has 0 N–H and O–H groups in total. The van der Waals surface area contributed by atoms with E-state index in [-0.39, 0.29) is 0 Å². The van der Waals surface area contributed by atoms with Gasteiger partial charge in [-0.05, 0) is 42.7 Å². The number of pyridine rings is 1. The molecule has 1 atom stereocenters. The summed E-state index contributed by atoms with van der Waals surface area (Å²) in [4.78, 5) is 9.21. The maximum atomic E-state index is 9.26. The molecule has 160 valence electrons.